The highest BCUT2D eigenvalue weighted by Crippen LogP contribution is 2.24. The van der Waals surface area contributed by atoms with Gasteiger partial charge in [-0.25, -0.2) is 4.39 Å². The van der Waals surface area contributed by atoms with Gasteiger partial charge >= 0.3 is 0 Å². The van der Waals surface area contributed by atoms with E-state index in [4.69, 9.17) is 5.73 Å². The van der Waals surface area contributed by atoms with Crippen LogP contribution in [0.25, 0.3) is 0 Å². The quantitative estimate of drug-likeness (QED) is 0.872. The highest BCUT2D eigenvalue weighted by molar-refractivity contribution is 9.10. The summed E-state index contributed by atoms with van der Waals surface area (Å²) in [6, 6.07) is 11.2. The van der Waals surface area contributed by atoms with Crippen LogP contribution in [0, 0.1) is 19.7 Å². The fraction of sp³-hybridized carbons (Fsp3) is 0.250. The third-order valence-corrected chi connectivity index (χ3v) is 3.67. The summed E-state index contributed by atoms with van der Waals surface area (Å²) < 4.78 is 14.7. The number of benzene rings is 2. The molecule has 0 aliphatic heterocycles. The molecule has 3 N–H and O–H groups in total. The van der Waals surface area contributed by atoms with Crippen molar-refractivity contribution in [1.29, 1.82) is 0 Å². The molecule has 4 heteroatoms. The predicted octanol–water partition coefficient (Wildman–Crippen LogP) is 4.32. The first kappa shape index (κ1) is 15.0. The van der Waals surface area contributed by atoms with Crippen molar-refractivity contribution in [3.8, 4) is 0 Å². The van der Waals surface area contributed by atoms with Crippen LogP contribution in [-0.2, 0) is 0 Å². The molecule has 0 aliphatic carbocycles. The minimum Gasteiger partial charge on any atom is -0.377 e. The average Bonchev–Trinajstić information content (AvgIpc) is 2.38. The second-order valence-electron chi connectivity index (χ2n) is 4.96. The number of hydrogen-bond donors (Lipinski definition) is 2. The van der Waals surface area contributed by atoms with E-state index < -0.39 is 0 Å². The Hall–Kier alpha value is -1.39. The van der Waals surface area contributed by atoms with Crippen molar-refractivity contribution in [2.75, 3.05) is 11.9 Å². The van der Waals surface area contributed by atoms with E-state index in [-0.39, 0.29) is 11.9 Å². The van der Waals surface area contributed by atoms with Crippen LogP contribution >= 0.6 is 15.9 Å². The van der Waals surface area contributed by atoms with Crippen molar-refractivity contribution in [1.82, 2.24) is 0 Å². The van der Waals surface area contributed by atoms with Crippen molar-refractivity contribution in [2.45, 2.75) is 19.9 Å². The fourth-order valence-electron chi connectivity index (χ4n) is 2.13. The Bertz CT molecular complexity index is 593. The molecule has 0 aliphatic rings. The SMILES string of the molecule is Cc1cc(Br)cc(NC(CN)c2ccc(C)c(F)c2)c1. The number of rotatable bonds is 4. The number of anilines is 1. The van der Waals surface area contributed by atoms with E-state index in [1.165, 1.54) is 0 Å². The molecule has 0 bridgehead atoms. The van der Waals surface area contributed by atoms with Gasteiger partial charge in [0.05, 0.1) is 6.04 Å². The molecule has 1 atom stereocenters. The number of halogens is 2. The first-order valence-electron chi connectivity index (χ1n) is 6.49. The Labute approximate surface area is 127 Å². The highest BCUT2D eigenvalue weighted by atomic mass is 79.9. The summed E-state index contributed by atoms with van der Waals surface area (Å²) in [4.78, 5) is 0. The molecule has 106 valence electrons. The van der Waals surface area contributed by atoms with Gasteiger partial charge in [0.15, 0.2) is 0 Å². The maximum atomic E-state index is 13.7. The van der Waals surface area contributed by atoms with Crippen molar-refractivity contribution >= 4 is 21.6 Å². The van der Waals surface area contributed by atoms with Gasteiger partial charge in [-0.05, 0) is 54.8 Å². The molecule has 0 aromatic heterocycles. The Morgan fingerprint density at radius 2 is 1.95 bits per heavy atom. The monoisotopic (exact) mass is 336 g/mol. The lowest BCUT2D eigenvalue weighted by molar-refractivity contribution is 0.613. The van der Waals surface area contributed by atoms with Crippen molar-refractivity contribution < 1.29 is 4.39 Å². The second kappa shape index (κ2) is 6.37. The molecular weight excluding hydrogens is 319 g/mol. The second-order valence-corrected chi connectivity index (χ2v) is 5.87. The number of aryl methyl sites for hydroxylation is 2. The summed E-state index contributed by atoms with van der Waals surface area (Å²) >= 11 is 3.47. The van der Waals surface area contributed by atoms with Crippen LogP contribution in [0.3, 0.4) is 0 Å². The molecule has 1 unspecified atom stereocenters. The average molecular weight is 337 g/mol. The molecule has 2 rings (SSSR count). The zero-order valence-corrected chi connectivity index (χ0v) is 13.2. The molecule has 0 spiro atoms. The Morgan fingerprint density at radius 3 is 2.55 bits per heavy atom. The minimum absolute atomic E-state index is 0.112. The maximum Gasteiger partial charge on any atom is 0.126 e. The van der Waals surface area contributed by atoms with E-state index >= 15 is 0 Å². The van der Waals surface area contributed by atoms with Gasteiger partial charge in [0.2, 0.25) is 0 Å². The Balaban J connectivity index is 2.26. The van der Waals surface area contributed by atoms with E-state index in [1.54, 1.807) is 19.1 Å². The Morgan fingerprint density at radius 1 is 1.20 bits per heavy atom. The molecule has 2 aromatic rings. The molecule has 0 amide bonds. The van der Waals surface area contributed by atoms with E-state index in [9.17, 15) is 4.39 Å². The fourth-order valence-corrected chi connectivity index (χ4v) is 2.73. The van der Waals surface area contributed by atoms with Crippen LogP contribution in [0.4, 0.5) is 10.1 Å². The third kappa shape index (κ3) is 3.58. The molecule has 2 aromatic carbocycles. The predicted molar refractivity (Wildman–Crippen MR) is 85.4 cm³/mol. The summed E-state index contributed by atoms with van der Waals surface area (Å²) in [5, 5.41) is 3.35. The standard InChI is InChI=1S/C16H18BrFN2/c1-10-5-13(17)8-14(6-10)20-16(9-19)12-4-3-11(2)15(18)7-12/h3-8,16,20H,9,19H2,1-2H3. The largest absolute Gasteiger partial charge is 0.377 e. The van der Waals surface area contributed by atoms with E-state index in [2.05, 4.69) is 21.2 Å². The van der Waals surface area contributed by atoms with Crippen LogP contribution in [0.1, 0.15) is 22.7 Å². The van der Waals surface area contributed by atoms with Gasteiger partial charge in [-0.15, -0.1) is 0 Å². The molecular formula is C16H18BrFN2. The first-order valence-corrected chi connectivity index (χ1v) is 7.28. The van der Waals surface area contributed by atoms with Gasteiger partial charge in [0.1, 0.15) is 5.82 Å². The molecule has 0 saturated heterocycles. The summed E-state index contributed by atoms with van der Waals surface area (Å²) in [6.45, 7) is 4.18. The first-order chi connectivity index (χ1) is 9.49. The zero-order chi connectivity index (χ0) is 14.7. The lowest BCUT2D eigenvalue weighted by Gasteiger charge is -2.19. The van der Waals surface area contributed by atoms with Gasteiger partial charge in [-0.2, -0.15) is 0 Å². The summed E-state index contributed by atoms with van der Waals surface area (Å²) in [5.41, 5.74) is 9.43. The van der Waals surface area contributed by atoms with Crippen LogP contribution in [0.2, 0.25) is 0 Å². The smallest absolute Gasteiger partial charge is 0.126 e. The summed E-state index contributed by atoms with van der Waals surface area (Å²) in [5.74, 6) is -0.201. The molecule has 0 fully saturated rings. The third-order valence-electron chi connectivity index (χ3n) is 3.22. The minimum atomic E-state index is -0.201. The van der Waals surface area contributed by atoms with Gasteiger partial charge in [0.25, 0.3) is 0 Å². The molecule has 0 saturated carbocycles. The van der Waals surface area contributed by atoms with Crippen LogP contribution in [-0.4, -0.2) is 6.54 Å². The molecule has 0 radical (unpaired) electrons. The van der Waals surface area contributed by atoms with Gasteiger partial charge in [-0.3, -0.25) is 0 Å². The molecule has 2 nitrogen and oxygen atoms in total. The van der Waals surface area contributed by atoms with Crippen molar-refractivity contribution in [3.63, 3.8) is 0 Å². The topological polar surface area (TPSA) is 38.0 Å². The highest BCUT2D eigenvalue weighted by Gasteiger charge is 2.11. The number of nitrogens with two attached hydrogens (primary N) is 1. The molecule has 0 heterocycles. The van der Waals surface area contributed by atoms with Crippen molar-refractivity contribution in [3.05, 3.63) is 63.4 Å². The normalized spacial score (nSPS) is 12.2. The van der Waals surface area contributed by atoms with Crippen LogP contribution in [0.5, 0.6) is 0 Å². The maximum absolute atomic E-state index is 13.7. The van der Waals surface area contributed by atoms with Crippen LogP contribution in [0.15, 0.2) is 40.9 Å². The van der Waals surface area contributed by atoms with E-state index in [0.29, 0.717) is 12.1 Å². The van der Waals surface area contributed by atoms with Crippen LogP contribution < -0.4 is 11.1 Å². The lowest BCUT2D eigenvalue weighted by atomic mass is 10.0. The summed E-state index contributed by atoms with van der Waals surface area (Å²) in [6.07, 6.45) is 0. The zero-order valence-electron chi connectivity index (χ0n) is 11.6. The van der Waals surface area contributed by atoms with E-state index in [1.807, 2.05) is 31.2 Å². The number of hydrogen-bond acceptors (Lipinski definition) is 2. The number of nitrogens with one attached hydrogen (secondary N) is 1. The Kier molecular flexibility index (Phi) is 4.78. The lowest BCUT2D eigenvalue weighted by Crippen LogP contribution is -2.20. The molecule has 20 heavy (non-hydrogen) atoms. The summed E-state index contributed by atoms with van der Waals surface area (Å²) in [7, 11) is 0. The van der Waals surface area contributed by atoms with Gasteiger partial charge in [0, 0.05) is 16.7 Å². The van der Waals surface area contributed by atoms with Crippen molar-refractivity contribution in [2.24, 2.45) is 5.73 Å². The van der Waals surface area contributed by atoms with E-state index in [0.717, 1.165) is 21.3 Å². The van der Waals surface area contributed by atoms with Gasteiger partial charge < -0.3 is 11.1 Å². The van der Waals surface area contributed by atoms with Gasteiger partial charge in [-0.1, -0.05) is 28.1 Å².